The van der Waals surface area contributed by atoms with Crippen LogP contribution in [0.2, 0.25) is 0 Å². The second kappa shape index (κ2) is 3.43. The maximum absolute atomic E-state index is 9.19. The van der Waals surface area contributed by atoms with Crippen LogP contribution >= 0.6 is 0 Å². The first-order valence-corrected chi connectivity index (χ1v) is 4.56. The predicted octanol–water partition coefficient (Wildman–Crippen LogP) is -0.551. The maximum atomic E-state index is 9.19. The molecule has 0 atom stereocenters. The second-order valence-corrected chi connectivity index (χ2v) is 4.55. The van der Waals surface area contributed by atoms with Gasteiger partial charge in [-0.25, -0.2) is 0 Å². The average molecular weight is 206 g/mol. The molecule has 1 saturated heterocycles. The summed E-state index contributed by atoms with van der Waals surface area (Å²) in [6.07, 6.45) is 0. The van der Waals surface area contributed by atoms with E-state index >= 15 is 0 Å². The fourth-order valence-corrected chi connectivity index (χ4v) is 1.12. The zero-order chi connectivity index (χ0) is 11.0. The van der Waals surface area contributed by atoms with E-state index in [1.807, 2.05) is 0 Å². The minimum Gasteiger partial charge on any atom is -0.396 e. The van der Waals surface area contributed by atoms with Gasteiger partial charge in [-0.15, -0.1) is 0 Å². The Bertz CT molecular complexity index is 201. The lowest BCUT2D eigenvalue weighted by molar-refractivity contribution is -0.389. The quantitative estimate of drug-likeness (QED) is 0.528. The molecule has 0 aliphatic carbocycles. The molecule has 0 radical (unpaired) electrons. The third-order valence-corrected chi connectivity index (χ3v) is 2.78. The van der Waals surface area contributed by atoms with Gasteiger partial charge in [0.2, 0.25) is 5.79 Å². The van der Waals surface area contributed by atoms with Crippen LogP contribution in [0.1, 0.15) is 20.8 Å². The van der Waals surface area contributed by atoms with Gasteiger partial charge in [-0.2, -0.15) is 0 Å². The van der Waals surface area contributed by atoms with Crippen molar-refractivity contribution in [2.24, 2.45) is 5.41 Å². The van der Waals surface area contributed by atoms with E-state index in [1.54, 1.807) is 20.8 Å². The van der Waals surface area contributed by atoms with Gasteiger partial charge in [0.25, 0.3) is 0 Å². The molecule has 1 heterocycles. The van der Waals surface area contributed by atoms with Crippen molar-refractivity contribution in [3.8, 4) is 0 Å². The molecule has 0 spiro atoms. The molecule has 0 bridgehead atoms. The summed E-state index contributed by atoms with van der Waals surface area (Å²) in [7, 11) is 0. The summed E-state index contributed by atoms with van der Waals surface area (Å²) in [5.41, 5.74) is -0.594. The normalized spacial score (nSPS) is 26.1. The lowest BCUT2D eigenvalue weighted by atomic mass is 9.84. The first-order valence-electron chi connectivity index (χ1n) is 4.56. The Morgan fingerprint density at radius 3 is 2.00 bits per heavy atom. The van der Waals surface area contributed by atoms with Crippen LogP contribution in [-0.2, 0) is 9.47 Å². The maximum Gasteiger partial charge on any atom is 0.211 e. The second-order valence-electron chi connectivity index (χ2n) is 4.55. The molecule has 3 N–H and O–H groups in total. The minimum absolute atomic E-state index is 0.104. The molecule has 0 aromatic carbocycles. The molecule has 5 nitrogen and oxygen atoms in total. The van der Waals surface area contributed by atoms with E-state index in [4.69, 9.17) is 14.6 Å². The first-order chi connectivity index (χ1) is 6.22. The SMILES string of the molecule is CC(C)(CO)C1(C)OCC(O)(O)CO1. The van der Waals surface area contributed by atoms with E-state index < -0.39 is 17.0 Å². The van der Waals surface area contributed by atoms with Gasteiger partial charge in [-0.3, -0.25) is 0 Å². The molecule has 1 rings (SSSR count). The summed E-state index contributed by atoms with van der Waals surface area (Å²) in [5.74, 6) is -2.91. The van der Waals surface area contributed by atoms with Crippen LogP contribution in [0.4, 0.5) is 0 Å². The van der Waals surface area contributed by atoms with Crippen molar-refractivity contribution in [1.29, 1.82) is 0 Å². The predicted molar refractivity (Wildman–Crippen MR) is 48.3 cm³/mol. The average Bonchev–Trinajstić information content (AvgIpc) is 2.10. The Labute approximate surface area is 83.3 Å². The van der Waals surface area contributed by atoms with Gasteiger partial charge in [-0.1, -0.05) is 13.8 Å². The van der Waals surface area contributed by atoms with Gasteiger partial charge in [-0.05, 0) is 6.92 Å². The van der Waals surface area contributed by atoms with Crippen LogP contribution in [0, 0.1) is 5.41 Å². The van der Waals surface area contributed by atoms with Gasteiger partial charge in [0, 0.05) is 5.41 Å². The van der Waals surface area contributed by atoms with Gasteiger partial charge in [0.05, 0.1) is 6.61 Å². The van der Waals surface area contributed by atoms with E-state index in [1.165, 1.54) is 0 Å². The summed E-state index contributed by atoms with van der Waals surface area (Å²) in [5, 5.41) is 27.5. The fourth-order valence-electron chi connectivity index (χ4n) is 1.12. The molecule has 1 fully saturated rings. The van der Waals surface area contributed by atoms with Gasteiger partial charge in [0.15, 0.2) is 5.79 Å². The molecule has 14 heavy (non-hydrogen) atoms. The molecule has 0 saturated carbocycles. The molecule has 0 unspecified atom stereocenters. The van der Waals surface area contributed by atoms with Gasteiger partial charge < -0.3 is 24.8 Å². The van der Waals surface area contributed by atoms with Crippen molar-refractivity contribution >= 4 is 0 Å². The molecule has 0 amide bonds. The van der Waals surface area contributed by atoms with Crippen LogP contribution in [-0.4, -0.2) is 46.7 Å². The molecule has 5 heteroatoms. The molecular formula is C9H18O5. The van der Waals surface area contributed by atoms with Crippen molar-refractivity contribution < 1.29 is 24.8 Å². The number of hydrogen-bond donors (Lipinski definition) is 3. The van der Waals surface area contributed by atoms with E-state index in [-0.39, 0.29) is 19.8 Å². The van der Waals surface area contributed by atoms with Crippen LogP contribution < -0.4 is 0 Å². The largest absolute Gasteiger partial charge is 0.396 e. The van der Waals surface area contributed by atoms with Crippen molar-refractivity contribution in [3.05, 3.63) is 0 Å². The Hall–Kier alpha value is -0.200. The van der Waals surface area contributed by atoms with Crippen molar-refractivity contribution in [1.82, 2.24) is 0 Å². The highest BCUT2D eigenvalue weighted by Gasteiger charge is 2.49. The smallest absolute Gasteiger partial charge is 0.211 e. The zero-order valence-electron chi connectivity index (χ0n) is 8.78. The Morgan fingerprint density at radius 1 is 1.21 bits per heavy atom. The Kier molecular flexibility index (Phi) is 2.91. The van der Waals surface area contributed by atoms with E-state index in [0.717, 1.165) is 0 Å². The topological polar surface area (TPSA) is 79.2 Å². The number of hydrogen-bond acceptors (Lipinski definition) is 5. The van der Waals surface area contributed by atoms with Crippen LogP contribution in [0.15, 0.2) is 0 Å². The van der Waals surface area contributed by atoms with E-state index in [9.17, 15) is 10.2 Å². The van der Waals surface area contributed by atoms with Crippen LogP contribution in [0.5, 0.6) is 0 Å². The summed E-state index contributed by atoms with van der Waals surface area (Å²) in [4.78, 5) is 0. The third kappa shape index (κ3) is 2.07. The molecule has 1 aliphatic heterocycles. The third-order valence-electron chi connectivity index (χ3n) is 2.78. The summed E-state index contributed by atoms with van der Waals surface area (Å²) in [6.45, 7) is 4.72. The number of ether oxygens (including phenoxy) is 2. The Morgan fingerprint density at radius 2 is 1.64 bits per heavy atom. The van der Waals surface area contributed by atoms with Crippen molar-refractivity contribution in [2.75, 3.05) is 19.8 Å². The fraction of sp³-hybridized carbons (Fsp3) is 1.00. The highest BCUT2D eigenvalue weighted by Crippen LogP contribution is 2.38. The number of rotatable bonds is 2. The summed E-state index contributed by atoms with van der Waals surface area (Å²) < 4.78 is 10.5. The van der Waals surface area contributed by atoms with Gasteiger partial charge in [0.1, 0.15) is 13.2 Å². The summed E-state index contributed by atoms with van der Waals surface area (Å²) in [6, 6.07) is 0. The van der Waals surface area contributed by atoms with E-state index in [0.29, 0.717) is 0 Å². The zero-order valence-corrected chi connectivity index (χ0v) is 8.78. The van der Waals surface area contributed by atoms with Crippen LogP contribution in [0.25, 0.3) is 0 Å². The van der Waals surface area contributed by atoms with Crippen LogP contribution in [0.3, 0.4) is 0 Å². The molecule has 0 aromatic rings. The molecule has 84 valence electrons. The molecule has 0 aromatic heterocycles. The Balaban J connectivity index is 2.71. The van der Waals surface area contributed by atoms with E-state index in [2.05, 4.69) is 0 Å². The number of aliphatic hydroxyl groups excluding tert-OH is 1. The monoisotopic (exact) mass is 206 g/mol. The minimum atomic E-state index is -1.93. The highest BCUT2D eigenvalue weighted by atomic mass is 16.7. The first kappa shape index (κ1) is 11.9. The molecular weight excluding hydrogens is 188 g/mol. The highest BCUT2D eigenvalue weighted by molar-refractivity contribution is 4.87. The lowest BCUT2D eigenvalue weighted by Crippen LogP contribution is -2.59. The van der Waals surface area contributed by atoms with Crippen molar-refractivity contribution in [3.63, 3.8) is 0 Å². The number of aliphatic hydroxyl groups is 3. The lowest BCUT2D eigenvalue weighted by Gasteiger charge is -2.47. The van der Waals surface area contributed by atoms with Gasteiger partial charge >= 0.3 is 0 Å². The molecule has 1 aliphatic rings. The summed E-state index contributed by atoms with van der Waals surface area (Å²) >= 11 is 0. The van der Waals surface area contributed by atoms with Crippen molar-refractivity contribution in [2.45, 2.75) is 32.3 Å². The standard InChI is InChI=1S/C9H18O5/c1-7(2,4-10)8(3)13-5-9(11,12)6-14-8/h10-12H,4-6H2,1-3H3.